The van der Waals surface area contributed by atoms with Crippen molar-refractivity contribution in [3.05, 3.63) is 155 Å². The summed E-state index contributed by atoms with van der Waals surface area (Å²) in [5, 5.41) is 5.60. The van der Waals surface area contributed by atoms with Gasteiger partial charge >= 0.3 is 56.5 Å². The topological polar surface area (TPSA) is 116 Å². The first-order valence-electron chi connectivity index (χ1n) is 10.1. The summed E-state index contributed by atoms with van der Waals surface area (Å²) in [6.07, 6.45) is 0. The number of benzene rings is 4. The van der Waals surface area contributed by atoms with Gasteiger partial charge in [-0.3, -0.25) is 0 Å². The molecule has 0 saturated carbocycles. The Morgan fingerprint density at radius 3 is 0.658 bits per heavy atom. The summed E-state index contributed by atoms with van der Waals surface area (Å²) in [5.41, 5.74) is 0. The van der Waals surface area contributed by atoms with Crippen LogP contribution in [-0.4, -0.2) is 0 Å². The monoisotopic (exact) mass is 581 g/mol. The van der Waals surface area contributed by atoms with E-state index in [4.69, 9.17) is 23.3 Å². The predicted molar refractivity (Wildman–Crippen MR) is 140 cm³/mol. The third kappa shape index (κ3) is 14.0. The summed E-state index contributed by atoms with van der Waals surface area (Å²) >= 11 is 0. The van der Waals surface area contributed by atoms with Crippen LogP contribution in [0.15, 0.2) is 121 Å². The first-order chi connectivity index (χ1) is 18.4. The van der Waals surface area contributed by atoms with Gasteiger partial charge in [0.15, 0.2) is 16.1 Å². The predicted octanol–water partition coefficient (Wildman–Crippen LogP) is 3.46. The molecule has 0 aromatic heterocycles. The van der Waals surface area contributed by atoms with Gasteiger partial charge in [0.25, 0.3) is 0 Å². The molecule has 0 spiro atoms. The molecular weight excluding hydrogens is 559 g/mol. The van der Waals surface area contributed by atoms with Gasteiger partial charge in [-0.05, 0) is 48.5 Å². The number of nitrogens with two attached hydrogens (primary N) is 1. The summed E-state index contributed by atoms with van der Waals surface area (Å²) in [4.78, 5) is 2.61. The van der Waals surface area contributed by atoms with Gasteiger partial charge in [0.1, 0.15) is 0 Å². The molecule has 4 aromatic carbocycles. The van der Waals surface area contributed by atoms with E-state index >= 15 is 0 Å². The maximum absolute atomic E-state index is 7.50. The molecule has 189 valence electrons. The van der Waals surface area contributed by atoms with Crippen LogP contribution in [0.1, 0.15) is 0 Å². The van der Waals surface area contributed by atoms with Crippen LogP contribution in [-0.2, 0) is 40.3 Å². The molecule has 0 saturated heterocycles. The molecule has 0 aliphatic carbocycles. The van der Waals surface area contributed by atoms with Crippen LogP contribution >= 0.6 is 16.1 Å². The molecule has 0 bridgehead atoms. The Labute approximate surface area is 236 Å². The van der Waals surface area contributed by atoms with E-state index in [-0.39, 0.29) is 17.1 Å². The number of hydrogen-bond acceptors (Lipinski definition) is 0. The molecule has 38 heavy (non-hydrogen) atoms. The molecule has 0 atom stereocenters. The van der Waals surface area contributed by atoms with Crippen LogP contribution in [0.5, 0.6) is 0 Å². The van der Waals surface area contributed by atoms with Gasteiger partial charge in [-0.1, -0.05) is 72.8 Å². The van der Waals surface area contributed by atoms with E-state index in [1.54, 1.807) is 0 Å². The van der Waals surface area contributed by atoms with E-state index in [1.165, 1.54) is 21.2 Å². The van der Waals surface area contributed by atoms with E-state index in [1.807, 2.05) is 0 Å². The van der Waals surface area contributed by atoms with Crippen LogP contribution in [0.2, 0.25) is 0 Å². The number of quaternary nitrogens is 1. The van der Waals surface area contributed by atoms with Crippen molar-refractivity contribution >= 4 is 37.4 Å². The fraction of sp³-hybridized carbons (Fsp3) is 0. The largest absolute Gasteiger partial charge is 0.304 e. The van der Waals surface area contributed by atoms with Crippen LogP contribution in [0.3, 0.4) is 0 Å². The molecule has 0 unspecified atom stereocenters. The summed E-state index contributed by atoms with van der Waals surface area (Å²) < 4.78 is 37.5. The molecule has 1 radical (unpaired) electrons. The molecule has 6 nitrogen and oxygen atoms in total. The molecule has 2 N–H and O–H groups in total. The van der Waals surface area contributed by atoms with Gasteiger partial charge in [-0.25, -0.2) is 0 Å². The zero-order chi connectivity index (χ0) is 28.3. The minimum atomic E-state index is -0.534. The Morgan fingerprint density at radius 2 is 0.500 bits per heavy atom. The van der Waals surface area contributed by atoms with E-state index in [9.17, 15) is 0 Å². The first-order valence-corrected chi connectivity index (χ1v) is 12.9. The molecule has 0 aliphatic rings. The molecule has 0 aliphatic heterocycles. The van der Waals surface area contributed by atoms with Crippen molar-refractivity contribution in [2.24, 2.45) is 0 Å². The fourth-order valence-electron chi connectivity index (χ4n) is 3.03. The van der Waals surface area contributed by atoms with Gasteiger partial charge in [-0.2, -0.15) is 0 Å². The van der Waals surface area contributed by atoms with Crippen molar-refractivity contribution in [3.63, 3.8) is 0 Å². The van der Waals surface area contributed by atoms with Crippen LogP contribution < -0.4 is 26.1 Å². The second-order valence-electron chi connectivity index (χ2n) is 6.20. The molecule has 9 heteroatoms. The number of hydrogen-bond donors (Lipinski definition) is 1. The summed E-state index contributed by atoms with van der Waals surface area (Å²) in [7, 11) is -1.07. The van der Waals surface area contributed by atoms with Gasteiger partial charge in [0.05, 0.1) is 0 Å². The van der Waals surface area contributed by atoms with E-state index in [2.05, 4.69) is 159 Å². The van der Waals surface area contributed by atoms with Crippen molar-refractivity contribution < 1.29 is 45.2 Å². The smallest absolute Gasteiger partial charge is 0.167 e. The van der Waals surface area contributed by atoms with Gasteiger partial charge < -0.3 is 4.86 Å². The second kappa shape index (κ2) is 28.5. The zero-order valence-corrected chi connectivity index (χ0v) is 22.9. The Hall–Kier alpha value is -3.08. The fourth-order valence-corrected chi connectivity index (χ4v) is 8.66. The average molecular weight is 581 g/mol. The number of rotatable bonds is 6. The Morgan fingerprint density at radius 1 is 0.342 bits per heavy atom. The summed E-state index contributed by atoms with van der Waals surface area (Å²) in [6.45, 7) is 22.5. The van der Waals surface area contributed by atoms with E-state index in [0.717, 1.165) is 0 Å². The third-order valence-electron chi connectivity index (χ3n) is 4.37. The first kappa shape index (κ1) is 39.4. The molecule has 4 rings (SSSR count). The minimum absolute atomic E-state index is 0. The van der Waals surface area contributed by atoms with Gasteiger partial charge in [0, 0.05) is 38.3 Å². The second-order valence-corrected chi connectivity index (χ2v) is 10.7. The van der Waals surface area contributed by atoms with Crippen LogP contribution in [0.25, 0.3) is 0 Å². The maximum Gasteiger partial charge on any atom is 0.167 e. The van der Waals surface area contributed by atoms with Gasteiger partial charge in [-0.15, -0.1) is 0 Å². The van der Waals surface area contributed by atoms with Gasteiger partial charge in [0.2, 0.25) is 0 Å². The van der Waals surface area contributed by atoms with Crippen molar-refractivity contribution in [1.29, 1.82) is 0 Å². The zero-order valence-electron chi connectivity index (χ0n) is 19.9. The van der Waals surface area contributed by atoms with Crippen molar-refractivity contribution in [2.75, 3.05) is 0 Å². The van der Waals surface area contributed by atoms with E-state index in [0.29, 0.717) is 0 Å². The Kier molecular flexibility index (Phi) is 29.6. The van der Waals surface area contributed by atoms with Crippen LogP contribution in [0, 0.1) is 33.3 Å². The molecule has 0 amide bonds. The third-order valence-corrected chi connectivity index (χ3v) is 9.63. The molecule has 4 aromatic rings. The average Bonchev–Trinajstić information content (AvgIpc) is 3.04. The summed E-state index contributed by atoms with van der Waals surface area (Å²) in [5.74, 6) is 0. The SMILES string of the molecule is [C-]#[O+].[C-]#[O+].[C-]#[O+].[C-]#[O+].[C-]#[O+].[Mn].c1ccc(P([NH2+]P(c2ccccc2)c2ccccc2)c2ccccc2)cc1. The Balaban J connectivity index is -0.00000100. The van der Waals surface area contributed by atoms with E-state index < -0.39 is 16.1 Å². The summed E-state index contributed by atoms with van der Waals surface area (Å²) in [6, 6.07) is 43.7. The molecule has 0 fully saturated rings. The van der Waals surface area contributed by atoms with Crippen molar-refractivity contribution in [3.8, 4) is 0 Å². The van der Waals surface area contributed by atoms with Crippen molar-refractivity contribution in [1.82, 2.24) is 0 Å². The standard InChI is InChI=1S/C24H21NP2.5CO.Mn/c1-5-13-21(14-6-1)26(22-15-7-2-8-16-22)25-27(23-17-9-3-10-18-23)24-19-11-4-12-20-24;5*1-2;/h1-20,25H;;;;;;/p+1. The van der Waals surface area contributed by atoms with Crippen LogP contribution in [0.4, 0.5) is 0 Å². The minimum Gasteiger partial charge on any atom is -0.304 e. The molecule has 0 heterocycles. The maximum atomic E-state index is 7.50. The normalized spacial score (nSPS) is 8.11. The Bertz CT molecular complexity index is 992. The quantitative estimate of drug-likeness (QED) is 0.156. The van der Waals surface area contributed by atoms with Crippen molar-refractivity contribution in [2.45, 2.75) is 0 Å². The molecular formula is C29H22MnNO5P2+.